The molecule has 0 heterocycles. The largest absolute Gasteiger partial charge is 0.496 e. The van der Waals surface area contributed by atoms with Gasteiger partial charge < -0.3 is 14.5 Å². The van der Waals surface area contributed by atoms with Crippen molar-refractivity contribution in [3.05, 3.63) is 23.3 Å². The van der Waals surface area contributed by atoms with Crippen LogP contribution < -0.4 is 10.0 Å². The molecule has 0 saturated heterocycles. The van der Waals surface area contributed by atoms with Crippen molar-refractivity contribution >= 4 is 13.7 Å². The maximum absolute atomic E-state index is 9.17. The van der Waals surface area contributed by atoms with Crippen LogP contribution in [0.3, 0.4) is 0 Å². The van der Waals surface area contributed by atoms with E-state index in [1.807, 2.05) is 26.0 Å². The monoisotopic (exact) mass is 200 g/mol. The van der Waals surface area contributed by atoms with Crippen molar-refractivity contribution in [2.75, 3.05) is 7.11 Å². The molecule has 72 valence electrons. The molecular formula is C9H13O3P. The van der Waals surface area contributed by atoms with Crippen molar-refractivity contribution in [1.29, 1.82) is 0 Å². The van der Waals surface area contributed by atoms with Gasteiger partial charge in [-0.05, 0) is 25.5 Å². The van der Waals surface area contributed by atoms with Gasteiger partial charge in [0.05, 0.1) is 7.11 Å². The lowest BCUT2D eigenvalue weighted by molar-refractivity contribution is 0.411. The van der Waals surface area contributed by atoms with E-state index < -0.39 is 8.38 Å². The third-order valence-corrected chi connectivity index (χ3v) is 3.09. The summed E-state index contributed by atoms with van der Waals surface area (Å²) in [7, 11) is -0.471. The highest BCUT2D eigenvalue weighted by Gasteiger charge is 2.14. The Bertz CT molecular complexity index is 310. The molecule has 0 fully saturated rings. The normalized spacial score (nSPS) is 10.6. The summed E-state index contributed by atoms with van der Waals surface area (Å²) in [4.78, 5) is 18.3. The minimum Gasteiger partial charge on any atom is -0.496 e. The fraction of sp³-hybridized carbons (Fsp3) is 0.333. The highest BCUT2D eigenvalue weighted by Crippen LogP contribution is 2.30. The Morgan fingerprint density at radius 2 is 1.85 bits per heavy atom. The molecule has 0 bridgehead atoms. The zero-order chi connectivity index (χ0) is 10.0. The highest BCUT2D eigenvalue weighted by molar-refractivity contribution is 7.54. The summed E-state index contributed by atoms with van der Waals surface area (Å²) >= 11 is 0. The Morgan fingerprint density at radius 3 is 2.31 bits per heavy atom. The molecule has 2 N–H and O–H groups in total. The van der Waals surface area contributed by atoms with Gasteiger partial charge in [0.1, 0.15) is 5.75 Å². The average Bonchev–Trinajstić information content (AvgIpc) is 2.04. The minimum absolute atomic E-state index is 0.592. The molecule has 0 aromatic heterocycles. The maximum Gasteiger partial charge on any atom is 0.200 e. The number of ether oxygens (including phenoxy) is 1. The van der Waals surface area contributed by atoms with Crippen molar-refractivity contribution in [3.8, 4) is 5.75 Å². The first-order valence-electron chi connectivity index (χ1n) is 3.90. The molecule has 1 aromatic carbocycles. The second-order valence-corrected chi connectivity index (χ2v) is 3.87. The summed E-state index contributed by atoms with van der Waals surface area (Å²) in [6, 6.07) is 3.65. The van der Waals surface area contributed by atoms with E-state index in [9.17, 15) is 9.79 Å². The first-order chi connectivity index (χ1) is 6.07. The molecule has 4 heteroatoms. The van der Waals surface area contributed by atoms with Crippen LogP contribution in [-0.4, -0.2) is 16.9 Å². The van der Waals surface area contributed by atoms with Gasteiger partial charge in [-0.25, -0.2) is 0 Å². The van der Waals surface area contributed by atoms with Crippen molar-refractivity contribution in [3.63, 3.8) is 0 Å². The molecule has 1 aromatic rings. The van der Waals surface area contributed by atoms with Crippen LogP contribution in [0.2, 0.25) is 0 Å². The van der Waals surface area contributed by atoms with Crippen LogP contribution in [0.25, 0.3) is 0 Å². The smallest absolute Gasteiger partial charge is 0.200 e. The second-order valence-electron chi connectivity index (χ2n) is 2.85. The van der Waals surface area contributed by atoms with Crippen LogP contribution in [0.5, 0.6) is 5.75 Å². The van der Waals surface area contributed by atoms with E-state index in [0.717, 1.165) is 11.1 Å². The molecular weight excluding hydrogens is 187 g/mol. The summed E-state index contributed by atoms with van der Waals surface area (Å²) in [5.41, 5.74) is 1.69. The Labute approximate surface area is 78.9 Å². The van der Waals surface area contributed by atoms with Gasteiger partial charge in [-0.3, -0.25) is 0 Å². The van der Waals surface area contributed by atoms with E-state index in [-0.39, 0.29) is 0 Å². The van der Waals surface area contributed by atoms with Gasteiger partial charge in [0.25, 0.3) is 0 Å². The van der Waals surface area contributed by atoms with Crippen LogP contribution in [0.15, 0.2) is 12.1 Å². The molecule has 1 rings (SSSR count). The summed E-state index contributed by atoms with van der Waals surface area (Å²) in [6.07, 6.45) is 0. The molecule has 0 radical (unpaired) electrons. The van der Waals surface area contributed by atoms with Gasteiger partial charge in [-0.2, -0.15) is 0 Å². The predicted octanol–water partition coefficient (Wildman–Crippen LogP) is 1.23. The zero-order valence-corrected chi connectivity index (χ0v) is 8.80. The van der Waals surface area contributed by atoms with Gasteiger partial charge >= 0.3 is 0 Å². The maximum atomic E-state index is 9.17. The average molecular weight is 200 g/mol. The number of hydrogen-bond donors (Lipinski definition) is 2. The highest BCUT2D eigenvalue weighted by atomic mass is 31.2. The first kappa shape index (κ1) is 10.5. The molecule has 0 amide bonds. The topological polar surface area (TPSA) is 49.7 Å². The van der Waals surface area contributed by atoms with Gasteiger partial charge in [0.2, 0.25) is 0 Å². The van der Waals surface area contributed by atoms with E-state index in [4.69, 9.17) is 4.74 Å². The Balaban J connectivity index is 3.30. The van der Waals surface area contributed by atoms with Crippen LogP contribution in [0.1, 0.15) is 11.1 Å². The Morgan fingerprint density at radius 1 is 1.23 bits per heavy atom. The molecule has 0 atom stereocenters. The third kappa shape index (κ3) is 1.99. The fourth-order valence-electron chi connectivity index (χ4n) is 1.35. The molecule has 0 aliphatic heterocycles. The van der Waals surface area contributed by atoms with Crippen LogP contribution in [-0.2, 0) is 0 Å². The number of benzene rings is 1. The van der Waals surface area contributed by atoms with Crippen LogP contribution in [0.4, 0.5) is 0 Å². The molecule has 3 nitrogen and oxygen atoms in total. The lowest BCUT2D eigenvalue weighted by Gasteiger charge is -2.13. The van der Waals surface area contributed by atoms with Gasteiger partial charge in [0.15, 0.2) is 8.38 Å². The van der Waals surface area contributed by atoms with Gasteiger partial charge in [0, 0.05) is 10.9 Å². The zero-order valence-electron chi connectivity index (χ0n) is 7.90. The van der Waals surface area contributed by atoms with E-state index in [1.54, 1.807) is 7.11 Å². The van der Waals surface area contributed by atoms with Gasteiger partial charge in [-0.1, -0.05) is 6.07 Å². The summed E-state index contributed by atoms with van der Waals surface area (Å²) in [5, 5.41) is 0.592. The minimum atomic E-state index is -2.04. The molecule has 0 aliphatic carbocycles. The summed E-state index contributed by atoms with van der Waals surface area (Å²) in [5.74, 6) is 0.691. The van der Waals surface area contributed by atoms with E-state index in [2.05, 4.69) is 0 Å². The quantitative estimate of drug-likeness (QED) is 0.706. The van der Waals surface area contributed by atoms with Crippen LogP contribution in [0, 0.1) is 13.8 Å². The first-order valence-corrected chi connectivity index (χ1v) is 5.14. The predicted molar refractivity (Wildman–Crippen MR) is 53.5 cm³/mol. The molecule has 0 unspecified atom stereocenters. The SMILES string of the molecule is COc1ccc(C)c(P(O)O)c1C. The van der Waals surface area contributed by atoms with Gasteiger partial charge in [-0.15, -0.1) is 0 Å². The van der Waals surface area contributed by atoms with Crippen molar-refractivity contribution in [2.45, 2.75) is 13.8 Å². The van der Waals surface area contributed by atoms with Crippen molar-refractivity contribution < 1.29 is 14.5 Å². The Hall–Kier alpha value is -0.630. The second kappa shape index (κ2) is 4.05. The molecule has 0 spiro atoms. The van der Waals surface area contributed by atoms with Crippen molar-refractivity contribution in [2.24, 2.45) is 0 Å². The standard InChI is InChI=1S/C9H13O3P/c1-6-4-5-8(12-3)7(2)9(6)13(10)11/h4-5,10-11H,1-3H3. The summed E-state index contributed by atoms with van der Waals surface area (Å²) in [6.45, 7) is 3.67. The fourth-order valence-corrected chi connectivity index (χ4v) is 2.15. The molecule has 0 saturated carbocycles. The van der Waals surface area contributed by atoms with E-state index in [1.165, 1.54) is 0 Å². The summed E-state index contributed by atoms with van der Waals surface area (Å²) < 4.78 is 5.08. The van der Waals surface area contributed by atoms with Crippen molar-refractivity contribution in [1.82, 2.24) is 0 Å². The third-order valence-electron chi connectivity index (χ3n) is 2.00. The molecule has 13 heavy (non-hydrogen) atoms. The Kier molecular flexibility index (Phi) is 3.26. The lowest BCUT2D eigenvalue weighted by Crippen LogP contribution is -2.10. The number of methoxy groups -OCH3 is 1. The number of hydrogen-bond acceptors (Lipinski definition) is 3. The van der Waals surface area contributed by atoms with E-state index >= 15 is 0 Å². The lowest BCUT2D eigenvalue weighted by atomic mass is 10.1. The number of aryl methyl sites for hydroxylation is 1. The number of rotatable bonds is 2. The molecule has 0 aliphatic rings. The van der Waals surface area contributed by atoms with E-state index in [0.29, 0.717) is 11.1 Å². The van der Waals surface area contributed by atoms with Crippen LogP contribution >= 0.6 is 8.38 Å².